The molecule has 1 unspecified atom stereocenters. The fraction of sp³-hybridized carbons (Fsp3) is 0.933. The molecule has 19 heavy (non-hydrogen) atoms. The molecule has 0 aromatic heterocycles. The van der Waals surface area contributed by atoms with Crippen molar-refractivity contribution in [2.24, 2.45) is 5.41 Å². The minimum absolute atomic E-state index is 0.0535. The van der Waals surface area contributed by atoms with E-state index >= 15 is 0 Å². The Kier molecular flexibility index (Phi) is 7.39. The second-order valence-electron chi connectivity index (χ2n) is 6.09. The second kappa shape index (κ2) is 8.54. The highest BCUT2D eigenvalue weighted by Crippen LogP contribution is 2.29. The molecule has 1 saturated heterocycles. The van der Waals surface area contributed by atoms with Crippen LogP contribution in [0.1, 0.15) is 52.9 Å². The van der Waals surface area contributed by atoms with E-state index < -0.39 is 0 Å². The highest BCUT2D eigenvalue weighted by molar-refractivity contribution is 5.82. The highest BCUT2D eigenvalue weighted by Gasteiger charge is 2.36. The Hall–Kier alpha value is -0.610. The fourth-order valence-corrected chi connectivity index (χ4v) is 2.49. The molecule has 1 aliphatic heterocycles. The standard InChI is InChI=1S/C15H30N2O2/c1-4-5-11-19-12-7-10-17-14(18)13-15(2,3)8-6-9-16-13/h13,16H,4-12H2,1-3H3,(H,17,18). The predicted octanol–water partition coefficient (Wildman–Crippen LogP) is 2.09. The van der Waals surface area contributed by atoms with Crippen LogP contribution in [0.3, 0.4) is 0 Å². The minimum atomic E-state index is -0.0535. The third kappa shape index (κ3) is 5.91. The van der Waals surface area contributed by atoms with Gasteiger partial charge in [0.1, 0.15) is 0 Å². The van der Waals surface area contributed by atoms with E-state index in [2.05, 4.69) is 31.4 Å². The lowest BCUT2D eigenvalue weighted by molar-refractivity contribution is -0.126. The monoisotopic (exact) mass is 270 g/mol. The van der Waals surface area contributed by atoms with Crippen molar-refractivity contribution in [3.05, 3.63) is 0 Å². The number of nitrogens with one attached hydrogen (secondary N) is 2. The van der Waals surface area contributed by atoms with Crippen LogP contribution in [0.25, 0.3) is 0 Å². The summed E-state index contributed by atoms with van der Waals surface area (Å²) < 4.78 is 5.48. The van der Waals surface area contributed by atoms with E-state index in [0.717, 1.165) is 45.4 Å². The molecule has 0 saturated carbocycles. The summed E-state index contributed by atoms with van der Waals surface area (Å²) in [4.78, 5) is 12.1. The highest BCUT2D eigenvalue weighted by atomic mass is 16.5. The van der Waals surface area contributed by atoms with Crippen LogP contribution in [0.5, 0.6) is 0 Å². The van der Waals surface area contributed by atoms with Crippen LogP contribution in [0, 0.1) is 5.41 Å². The lowest BCUT2D eigenvalue weighted by Crippen LogP contribution is -2.55. The van der Waals surface area contributed by atoms with E-state index in [1.165, 1.54) is 6.42 Å². The van der Waals surface area contributed by atoms with Crippen LogP contribution in [0.4, 0.5) is 0 Å². The molecule has 1 amide bonds. The molecule has 0 aliphatic carbocycles. The van der Waals surface area contributed by atoms with Crippen LogP contribution in [-0.2, 0) is 9.53 Å². The van der Waals surface area contributed by atoms with Crippen molar-refractivity contribution in [1.82, 2.24) is 10.6 Å². The smallest absolute Gasteiger partial charge is 0.237 e. The summed E-state index contributed by atoms with van der Waals surface area (Å²) >= 11 is 0. The first kappa shape index (κ1) is 16.4. The zero-order valence-electron chi connectivity index (χ0n) is 12.8. The number of ether oxygens (including phenoxy) is 1. The number of carbonyl (C=O) groups is 1. The second-order valence-corrected chi connectivity index (χ2v) is 6.09. The molecular weight excluding hydrogens is 240 g/mol. The normalized spacial score (nSPS) is 22.2. The molecule has 1 fully saturated rings. The molecule has 112 valence electrons. The average molecular weight is 270 g/mol. The number of hydrogen-bond acceptors (Lipinski definition) is 3. The van der Waals surface area contributed by atoms with Gasteiger partial charge in [-0.05, 0) is 37.6 Å². The van der Waals surface area contributed by atoms with Crippen LogP contribution < -0.4 is 10.6 Å². The summed E-state index contributed by atoms with van der Waals surface area (Å²) in [5, 5.41) is 6.35. The molecule has 1 heterocycles. The predicted molar refractivity (Wildman–Crippen MR) is 78.2 cm³/mol. The van der Waals surface area contributed by atoms with Gasteiger partial charge in [-0.15, -0.1) is 0 Å². The van der Waals surface area contributed by atoms with Gasteiger partial charge < -0.3 is 15.4 Å². The summed E-state index contributed by atoms with van der Waals surface area (Å²) in [6.07, 6.45) is 5.44. The van der Waals surface area contributed by atoms with E-state index in [9.17, 15) is 4.79 Å². The van der Waals surface area contributed by atoms with E-state index in [1.54, 1.807) is 0 Å². The topological polar surface area (TPSA) is 50.4 Å². The number of carbonyl (C=O) groups excluding carboxylic acids is 1. The maximum atomic E-state index is 12.1. The SMILES string of the molecule is CCCCOCCCNC(=O)C1NCCCC1(C)C. The van der Waals surface area contributed by atoms with Crippen LogP contribution in [-0.4, -0.2) is 38.3 Å². The first-order valence-electron chi connectivity index (χ1n) is 7.67. The van der Waals surface area contributed by atoms with Gasteiger partial charge in [-0.3, -0.25) is 4.79 Å². The number of hydrogen-bond donors (Lipinski definition) is 2. The summed E-state index contributed by atoms with van der Waals surface area (Å²) in [6, 6.07) is -0.0535. The number of rotatable bonds is 8. The van der Waals surface area contributed by atoms with Gasteiger partial charge in [-0.1, -0.05) is 27.2 Å². The molecule has 0 aromatic rings. The van der Waals surface area contributed by atoms with Gasteiger partial charge in [0.05, 0.1) is 6.04 Å². The molecule has 1 aliphatic rings. The Labute approximate surface area is 117 Å². The summed E-state index contributed by atoms with van der Waals surface area (Å²) in [5.41, 5.74) is 0.0555. The van der Waals surface area contributed by atoms with Crippen molar-refractivity contribution in [2.45, 2.75) is 58.9 Å². The van der Waals surface area contributed by atoms with Crippen molar-refractivity contribution in [2.75, 3.05) is 26.3 Å². The maximum Gasteiger partial charge on any atom is 0.237 e. The zero-order valence-corrected chi connectivity index (χ0v) is 12.8. The molecule has 4 nitrogen and oxygen atoms in total. The molecule has 0 spiro atoms. The van der Waals surface area contributed by atoms with Crippen LogP contribution in [0.15, 0.2) is 0 Å². The molecule has 2 N–H and O–H groups in total. The summed E-state index contributed by atoms with van der Waals surface area (Å²) in [7, 11) is 0. The van der Waals surface area contributed by atoms with E-state index in [4.69, 9.17) is 4.74 Å². The Morgan fingerprint density at radius 2 is 2.11 bits per heavy atom. The minimum Gasteiger partial charge on any atom is -0.381 e. The van der Waals surface area contributed by atoms with Crippen LogP contribution in [0.2, 0.25) is 0 Å². The first-order chi connectivity index (χ1) is 9.08. The largest absolute Gasteiger partial charge is 0.381 e. The molecule has 1 rings (SSSR count). The number of piperidine rings is 1. The summed E-state index contributed by atoms with van der Waals surface area (Å²) in [6.45, 7) is 9.71. The van der Waals surface area contributed by atoms with Crippen molar-refractivity contribution >= 4 is 5.91 Å². The maximum absolute atomic E-state index is 12.1. The molecule has 0 bridgehead atoms. The van der Waals surface area contributed by atoms with Gasteiger partial charge >= 0.3 is 0 Å². The van der Waals surface area contributed by atoms with Crippen molar-refractivity contribution in [3.63, 3.8) is 0 Å². The van der Waals surface area contributed by atoms with Gasteiger partial charge in [-0.2, -0.15) is 0 Å². The van der Waals surface area contributed by atoms with Gasteiger partial charge in [0.15, 0.2) is 0 Å². The van der Waals surface area contributed by atoms with Gasteiger partial charge in [0.2, 0.25) is 5.91 Å². The van der Waals surface area contributed by atoms with Crippen molar-refractivity contribution in [3.8, 4) is 0 Å². The Bertz CT molecular complexity index is 267. The first-order valence-corrected chi connectivity index (χ1v) is 7.67. The average Bonchev–Trinajstić information content (AvgIpc) is 2.37. The summed E-state index contributed by atoms with van der Waals surface area (Å²) in [5.74, 6) is 0.137. The molecule has 1 atom stereocenters. The number of amides is 1. The van der Waals surface area contributed by atoms with Gasteiger partial charge in [0, 0.05) is 19.8 Å². The molecule has 4 heteroatoms. The Balaban J connectivity index is 2.13. The lowest BCUT2D eigenvalue weighted by atomic mass is 9.77. The quantitative estimate of drug-likeness (QED) is 0.664. The zero-order chi connectivity index (χ0) is 14.1. The van der Waals surface area contributed by atoms with E-state index in [1.807, 2.05) is 0 Å². The fourth-order valence-electron chi connectivity index (χ4n) is 2.49. The van der Waals surface area contributed by atoms with Crippen molar-refractivity contribution < 1.29 is 9.53 Å². The Morgan fingerprint density at radius 1 is 1.37 bits per heavy atom. The molecule has 0 aromatic carbocycles. The van der Waals surface area contributed by atoms with Gasteiger partial charge in [0.25, 0.3) is 0 Å². The van der Waals surface area contributed by atoms with Crippen LogP contribution >= 0.6 is 0 Å². The van der Waals surface area contributed by atoms with E-state index in [0.29, 0.717) is 6.54 Å². The van der Waals surface area contributed by atoms with Crippen molar-refractivity contribution in [1.29, 1.82) is 0 Å². The lowest BCUT2D eigenvalue weighted by Gasteiger charge is -2.38. The van der Waals surface area contributed by atoms with Gasteiger partial charge in [-0.25, -0.2) is 0 Å². The molecule has 0 radical (unpaired) electrons. The number of unbranched alkanes of at least 4 members (excludes halogenated alkanes) is 1. The van der Waals surface area contributed by atoms with E-state index in [-0.39, 0.29) is 17.4 Å². The third-order valence-corrected chi connectivity index (χ3v) is 3.80. The molecular formula is C15H30N2O2. The third-order valence-electron chi connectivity index (χ3n) is 3.80. The Morgan fingerprint density at radius 3 is 2.79 bits per heavy atom.